The summed E-state index contributed by atoms with van der Waals surface area (Å²) in [5.41, 5.74) is 1.96. The third-order valence-corrected chi connectivity index (χ3v) is 2.30. The molecule has 4 nitrogen and oxygen atoms in total. The lowest BCUT2D eigenvalue weighted by Crippen LogP contribution is -1.79. The second-order valence-corrected chi connectivity index (χ2v) is 3.41. The Bertz CT molecular complexity index is 576. The number of aromatic nitrogens is 3. The molecular weight excluding hydrogens is 190 g/mol. The molecule has 0 fully saturated rings. The van der Waals surface area contributed by atoms with Crippen LogP contribution in [-0.4, -0.2) is 15.1 Å². The van der Waals surface area contributed by atoms with Crippen molar-refractivity contribution in [3.63, 3.8) is 0 Å². The topological polar surface area (TPSA) is 54.7 Å². The van der Waals surface area contributed by atoms with Gasteiger partial charge in [-0.3, -0.25) is 0 Å². The summed E-state index contributed by atoms with van der Waals surface area (Å²) < 4.78 is 4.93. The number of hydrogen-bond donors (Lipinski definition) is 1. The van der Waals surface area contributed by atoms with Gasteiger partial charge in [0.05, 0.1) is 5.69 Å². The molecule has 3 aromatic rings. The van der Waals surface area contributed by atoms with Crippen molar-refractivity contribution in [1.82, 2.24) is 15.1 Å². The number of rotatable bonds is 1. The maximum atomic E-state index is 4.93. The van der Waals surface area contributed by atoms with Gasteiger partial charge >= 0.3 is 0 Å². The molecule has 0 saturated heterocycles. The Labute approximate surface area is 85.9 Å². The van der Waals surface area contributed by atoms with Crippen molar-refractivity contribution >= 4 is 10.9 Å². The summed E-state index contributed by atoms with van der Waals surface area (Å²) in [6, 6.07) is 10.1. The van der Waals surface area contributed by atoms with Gasteiger partial charge in [-0.15, -0.1) is 0 Å². The zero-order valence-corrected chi connectivity index (χ0v) is 8.19. The molecule has 74 valence electrons. The third-order valence-electron chi connectivity index (χ3n) is 2.30. The fourth-order valence-electron chi connectivity index (χ4n) is 1.60. The van der Waals surface area contributed by atoms with Crippen molar-refractivity contribution in [1.29, 1.82) is 0 Å². The molecule has 0 saturated carbocycles. The molecule has 15 heavy (non-hydrogen) atoms. The van der Waals surface area contributed by atoms with Crippen LogP contribution >= 0.6 is 0 Å². The predicted molar refractivity (Wildman–Crippen MR) is 56.3 cm³/mol. The predicted octanol–water partition coefficient (Wildman–Crippen LogP) is 2.53. The summed E-state index contributed by atoms with van der Waals surface area (Å²) in [4.78, 5) is 7.41. The summed E-state index contributed by atoms with van der Waals surface area (Å²) in [6.45, 7) is 1.78. The van der Waals surface area contributed by atoms with Crippen molar-refractivity contribution in [2.24, 2.45) is 0 Å². The van der Waals surface area contributed by atoms with E-state index in [0.717, 1.165) is 16.6 Å². The first kappa shape index (κ1) is 8.23. The molecule has 0 radical (unpaired) electrons. The number of hydrogen-bond acceptors (Lipinski definition) is 3. The van der Waals surface area contributed by atoms with Gasteiger partial charge in [0.25, 0.3) is 0 Å². The number of nitrogens with zero attached hydrogens (tertiary/aromatic N) is 2. The van der Waals surface area contributed by atoms with Gasteiger partial charge in [-0.2, -0.15) is 4.98 Å². The molecule has 1 aromatic carbocycles. The molecule has 3 rings (SSSR count). The van der Waals surface area contributed by atoms with E-state index in [0.29, 0.717) is 11.7 Å². The van der Waals surface area contributed by atoms with Crippen LogP contribution in [0.15, 0.2) is 34.9 Å². The first-order valence-electron chi connectivity index (χ1n) is 4.71. The number of nitrogens with one attached hydrogen (secondary N) is 1. The van der Waals surface area contributed by atoms with Crippen LogP contribution < -0.4 is 0 Å². The zero-order valence-electron chi connectivity index (χ0n) is 8.19. The van der Waals surface area contributed by atoms with Crippen molar-refractivity contribution in [3.8, 4) is 11.5 Å². The molecule has 0 spiro atoms. The van der Waals surface area contributed by atoms with Crippen LogP contribution in [0.25, 0.3) is 22.4 Å². The molecule has 4 heteroatoms. The van der Waals surface area contributed by atoms with Crippen LogP contribution in [0.4, 0.5) is 0 Å². The molecule has 1 N–H and O–H groups in total. The molecule has 0 aliphatic heterocycles. The Kier molecular flexibility index (Phi) is 1.62. The Morgan fingerprint density at radius 2 is 2.13 bits per heavy atom. The molecule has 0 atom stereocenters. The molecule has 0 aliphatic rings. The number of aromatic amines is 1. The van der Waals surface area contributed by atoms with E-state index in [9.17, 15) is 0 Å². The van der Waals surface area contributed by atoms with Gasteiger partial charge in [0.1, 0.15) is 0 Å². The Balaban J connectivity index is 2.19. The van der Waals surface area contributed by atoms with E-state index in [1.165, 1.54) is 0 Å². The lowest BCUT2D eigenvalue weighted by molar-refractivity contribution is 0.394. The minimum atomic E-state index is 0.573. The highest BCUT2D eigenvalue weighted by molar-refractivity contribution is 5.84. The average Bonchev–Trinajstić information content (AvgIpc) is 2.82. The van der Waals surface area contributed by atoms with Gasteiger partial charge in [-0.05, 0) is 12.1 Å². The van der Waals surface area contributed by atoms with Gasteiger partial charge in [-0.25, -0.2) is 0 Å². The van der Waals surface area contributed by atoms with Crippen LogP contribution in [0.1, 0.15) is 5.89 Å². The molecule has 2 heterocycles. The fraction of sp³-hybridized carbons (Fsp3) is 0.0909. The van der Waals surface area contributed by atoms with Gasteiger partial charge in [0.2, 0.25) is 11.7 Å². The molecular formula is C11H9N3O. The van der Waals surface area contributed by atoms with Gasteiger partial charge in [-0.1, -0.05) is 23.4 Å². The standard InChI is InChI=1S/C11H9N3O/c1-7-12-11(14-15-7)10-6-8-4-2-3-5-9(8)13-10/h2-6,13H,1H3. The van der Waals surface area contributed by atoms with Crippen LogP contribution in [0.2, 0.25) is 0 Å². The largest absolute Gasteiger partial charge is 0.352 e. The van der Waals surface area contributed by atoms with Crippen molar-refractivity contribution in [2.75, 3.05) is 0 Å². The van der Waals surface area contributed by atoms with E-state index < -0.39 is 0 Å². The molecule has 0 bridgehead atoms. The minimum absolute atomic E-state index is 0.573. The lowest BCUT2D eigenvalue weighted by Gasteiger charge is -1.85. The highest BCUT2D eigenvalue weighted by Crippen LogP contribution is 2.21. The highest BCUT2D eigenvalue weighted by atomic mass is 16.5. The minimum Gasteiger partial charge on any atom is -0.352 e. The smallest absolute Gasteiger partial charge is 0.223 e. The second-order valence-electron chi connectivity index (χ2n) is 3.41. The fourth-order valence-corrected chi connectivity index (χ4v) is 1.60. The van der Waals surface area contributed by atoms with Crippen LogP contribution in [-0.2, 0) is 0 Å². The number of para-hydroxylation sites is 1. The van der Waals surface area contributed by atoms with E-state index in [2.05, 4.69) is 15.1 Å². The SMILES string of the molecule is Cc1nc(-c2cc3ccccc3[nH]2)no1. The molecule has 0 aliphatic carbocycles. The number of benzene rings is 1. The zero-order chi connectivity index (χ0) is 10.3. The quantitative estimate of drug-likeness (QED) is 0.655. The first-order valence-corrected chi connectivity index (χ1v) is 4.71. The van der Waals surface area contributed by atoms with E-state index in [1.807, 2.05) is 30.3 Å². The summed E-state index contributed by atoms with van der Waals surface area (Å²) in [6.07, 6.45) is 0. The Morgan fingerprint density at radius 1 is 1.27 bits per heavy atom. The molecule has 2 aromatic heterocycles. The summed E-state index contributed by atoms with van der Waals surface area (Å²) in [5, 5.41) is 5.01. The maximum absolute atomic E-state index is 4.93. The number of aryl methyl sites for hydroxylation is 1. The summed E-state index contributed by atoms with van der Waals surface area (Å²) >= 11 is 0. The number of fused-ring (bicyclic) bond motifs is 1. The van der Waals surface area contributed by atoms with Crippen molar-refractivity contribution < 1.29 is 4.52 Å². The summed E-state index contributed by atoms with van der Waals surface area (Å²) in [7, 11) is 0. The van der Waals surface area contributed by atoms with E-state index >= 15 is 0 Å². The van der Waals surface area contributed by atoms with Crippen LogP contribution in [0, 0.1) is 6.92 Å². The van der Waals surface area contributed by atoms with E-state index in [1.54, 1.807) is 6.92 Å². The van der Waals surface area contributed by atoms with Gasteiger partial charge in [0.15, 0.2) is 0 Å². The van der Waals surface area contributed by atoms with Crippen LogP contribution in [0.3, 0.4) is 0 Å². The van der Waals surface area contributed by atoms with Gasteiger partial charge in [0, 0.05) is 17.8 Å². The third kappa shape index (κ3) is 1.30. The maximum Gasteiger partial charge on any atom is 0.223 e. The lowest BCUT2D eigenvalue weighted by atomic mass is 10.2. The Morgan fingerprint density at radius 3 is 2.87 bits per heavy atom. The van der Waals surface area contributed by atoms with Gasteiger partial charge < -0.3 is 9.51 Å². The Hall–Kier alpha value is -2.10. The van der Waals surface area contributed by atoms with Crippen LogP contribution in [0.5, 0.6) is 0 Å². The van der Waals surface area contributed by atoms with E-state index in [-0.39, 0.29) is 0 Å². The van der Waals surface area contributed by atoms with Crippen molar-refractivity contribution in [2.45, 2.75) is 6.92 Å². The summed E-state index contributed by atoms with van der Waals surface area (Å²) in [5.74, 6) is 1.17. The monoisotopic (exact) mass is 199 g/mol. The first-order chi connectivity index (χ1) is 7.33. The number of H-pyrrole nitrogens is 1. The highest BCUT2D eigenvalue weighted by Gasteiger charge is 2.08. The molecule has 0 unspecified atom stereocenters. The molecule has 0 amide bonds. The van der Waals surface area contributed by atoms with Crippen molar-refractivity contribution in [3.05, 3.63) is 36.2 Å². The van der Waals surface area contributed by atoms with E-state index in [4.69, 9.17) is 4.52 Å². The average molecular weight is 199 g/mol. The second kappa shape index (κ2) is 2.95. The normalized spacial score (nSPS) is 11.0.